The average molecular weight is 310 g/mol. The second-order valence-corrected chi connectivity index (χ2v) is 5.63. The fourth-order valence-electron chi connectivity index (χ4n) is 2.28. The van der Waals surface area contributed by atoms with Crippen molar-refractivity contribution in [3.63, 3.8) is 0 Å². The third-order valence-electron chi connectivity index (χ3n) is 3.58. The highest BCUT2D eigenvalue weighted by Gasteiger charge is 2.00. The third kappa shape index (κ3) is 5.78. The molecular weight excluding hydrogens is 287 g/mol. The topological polar surface area (TPSA) is 25.8 Å². The lowest BCUT2D eigenvalue weighted by molar-refractivity contribution is 0.335. The van der Waals surface area contributed by atoms with Crippen molar-refractivity contribution < 1.29 is 4.39 Å². The molecule has 1 aromatic carbocycles. The van der Waals surface area contributed by atoms with Crippen LogP contribution in [0.3, 0.4) is 0 Å². The molecule has 3 heteroatoms. The summed E-state index contributed by atoms with van der Waals surface area (Å²) >= 11 is 0. The van der Waals surface area contributed by atoms with Crippen LogP contribution >= 0.6 is 0 Å². The molecule has 23 heavy (non-hydrogen) atoms. The summed E-state index contributed by atoms with van der Waals surface area (Å²) in [6, 6.07) is 8.34. The number of unbranched alkanes of at least 4 members (excludes halogenated alkanes) is 1. The van der Waals surface area contributed by atoms with Crippen LogP contribution in [0.5, 0.6) is 0 Å². The minimum Gasteiger partial charge on any atom is -0.248 e. The van der Waals surface area contributed by atoms with Gasteiger partial charge in [0.15, 0.2) is 5.82 Å². The zero-order valence-electron chi connectivity index (χ0n) is 13.6. The van der Waals surface area contributed by atoms with Gasteiger partial charge < -0.3 is 0 Å². The number of hydrogen-bond acceptors (Lipinski definition) is 2. The number of hydrogen-bond donors (Lipinski definition) is 0. The highest BCUT2D eigenvalue weighted by molar-refractivity contribution is 5.62. The van der Waals surface area contributed by atoms with Crippen molar-refractivity contribution >= 4 is 6.08 Å². The van der Waals surface area contributed by atoms with E-state index in [2.05, 4.69) is 40.8 Å². The minimum absolute atomic E-state index is 0.603. The summed E-state index contributed by atoms with van der Waals surface area (Å²) in [6.45, 7) is 5.34. The Kier molecular flexibility index (Phi) is 6.67. The van der Waals surface area contributed by atoms with Gasteiger partial charge in [-0.1, -0.05) is 36.4 Å². The van der Waals surface area contributed by atoms with E-state index in [1.54, 1.807) is 6.92 Å². The SMILES string of the molecule is C=CCc1ccc(-c2cnc(/C=C/CCCC(C)F)nc2)cc1. The second kappa shape index (κ2) is 8.99. The standard InChI is InChI=1S/C20H23FN2/c1-3-7-17-10-12-18(13-11-17)19-14-22-20(23-15-19)9-6-4-5-8-16(2)21/h3,6,9-16H,1,4-5,7-8H2,2H3/b9-6+. The van der Waals surface area contributed by atoms with Crippen LogP contribution in [0.1, 0.15) is 37.6 Å². The lowest BCUT2D eigenvalue weighted by atomic mass is 10.1. The van der Waals surface area contributed by atoms with Crippen LogP contribution in [0, 0.1) is 0 Å². The van der Waals surface area contributed by atoms with Gasteiger partial charge in [-0.2, -0.15) is 0 Å². The molecule has 0 amide bonds. The third-order valence-corrected chi connectivity index (χ3v) is 3.58. The van der Waals surface area contributed by atoms with Crippen LogP contribution in [0.15, 0.2) is 55.4 Å². The number of benzene rings is 1. The van der Waals surface area contributed by atoms with E-state index in [0.29, 0.717) is 12.2 Å². The number of halogens is 1. The maximum Gasteiger partial charge on any atom is 0.151 e. The molecule has 0 aliphatic rings. The minimum atomic E-state index is -0.725. The van der Waals surface area contributed by atoms with Crippen molar-refractivity contribution in [3.05, 3.63) is 66.8 Å². The Labute approximate surface area is 137 Å². The number of allylic oxidation sites excluding steroid dienone is 2. The first-order chi connectivity index (χ1) is 11.2. The molecule has 0 aliphatic carbocycles. The van der Waals surface area contributed by atoms with Crippen molar-refractivity contribution in [2.24, 2.45) is 0 Å². The van der Waals surface area contributed by atoms with Crippen molar-refractivity contribution in [2.75, 3.05) is 0 Å². The Morgan fingerprint density at radius 1 is 1.13 bits per heavy atom. The first kappa shape index (κ1) is 17.1. The molecule has 2 rings (SSSR count). The molecule has 0 spiro atoms. The molecular formula is C20H23FN2. The smallest absolute Gasteiger partial charge is 0.151 e. The second-order valence-electron chi connectivity index (χ2n) is 5.63. The zero-order chi connectivity index (χ0) is 16.5. The Morgan fingerprint density at radius 2 is 1.83 bits per heavy atom. The van der Waals surface area contributed by atoms with Gasteiger partial charge in [0.2, 0.25) is 0 Å². The highest BCUT2D eigenvalue weighted by atomic mass is 19.1. The van der Waals surface area contributed by atoms with Crippen LogP contribution < -0.4 is 0 Å². The summed E-state index contributed by atoms with van der Waals surface area (Å²) < 4.78 is 12.7. The molecule has 120 valence electrons. The predicted octanol–water partition coefficient (Wildman–Crippen LogP) is 5.41. The van der Waals surface area contributed by atoms with Gasteiger partial charge in [-0.05, 0) is 49.8 Å². The quantitative estimate of drug-likeness (QED) is 0.481. The van der Waals surface area contributed by atoms with Crippen LogP contribution in [0.25, 0.3) is 17.2 Å². The van der Waals surface area contributed by atoms with Crippen LogP contribution in [0.4, 0.5) is 4.39 Å². The first-order valence-electron chi connectivity index (χ1n) is 8.02. The number of aromatic nitrogens is 2. The lowest BCUT2D eigenvalue weighted by Gasteiger charge is -2.03. The van der Waals surface area contributed by atoms with E-state index in [1.165, 1.54) is 5.56 Å². The van der Waals surface area contributed by atoms with E-state index in [4.69, 9.17) is 0 Å². The van der Waals surface area contributed by atoms with Crippen LogP contribution in [-0.4, -0.2) is 16.1 Å². The maximum absolute atomic E-state index is 12.7. The fourth-order valence-corrected chi connectivity index (χ4v) is 2.28. The molecule has 0 saturated carbocycles. The Morgan fingerprint density at radius 3 is 2.43 bits per heavy atom. The molecule has 1 unspecified atom stereocenters. The van der Waals surface area contributed by atoms with Crippen molar-refractivity contribution in [3.8, 4) is 11.1 Å². The number of nitrogens with zero attached hydrogens (tertiary/aromatic N) is 2. The molecule has 0 aliphatic heterocycles. The lowest BCUT2D eigenvalue weighted by Crippen LogP contribution is -1.91. The predicted molar refractivity (Wildman–Crippen MR) is 94.8 cm³/mol. The van der Waals surface area contributed by atoms with Gasteiger partial charge in [0.25, 0.3) is 0 Å². The van der Waals surface area contributed by atoms with E-state index in [-0.39, 0.29) is 0 Å². The van der Waals surface area contributed by atoms with E-state index in [9.17, 15) is 4.39 Å². The van der Waals surface area contributed by atoms with Crippen LogP contribution in [0.2, 0.25) is 0 Å². The number of alkyl halides is 1. The average Bonchev–Trinajstić information content (AvgIpc) is 2.56. The van der Waals surface area contributed by atoms with Gasteiger partial charge in [0.1, 0.15) is 0 Å². The summed E-state index contributed by atoms with van der Waals surface area (Å²) in [5.74, 6) is 0.685. The maximum atomic E-state index is 12.7. The van der Waals surface area contributed by atoms with Gasteiger partial charge in [-0.25, -0.2) is 14.4 Å². The molecule has 0 fully saturated rings. The monoisotopic (exact) mass is 310 g/mol. The molecule has 1 heterocycles. The zero-order valence-corrected chi connectivity index (χ0v) is 13.6. The molecule has 1 aromatic heterocycles. The molecule has 0 radical (unpaired) electrons. The summed E-state index contributed by atoms with van der Waals surface area (Å²) in [6.07, 6.45) is 11.9. The van der Waals surface area contributed by atoms with E-state index < -0.39 is 6.17 Å². The highest BCUT2D eigenvalue weighted by Crippen LogP contribution is 2.18. The summed E-state index contributed by atoms with van der Waals surface area (Å²) in [5.41, 5.74) is 3.34. The molecule has 1 atom stereocenters. The Balaban J connectivity index is 1.93. The molecule has 2 aromatic rings. The fraction of sp³-hybridized carbons (Fsp3) is 0.300. The van der Waals surface area contributed by atoms with Crippen molar-refractivity contribution in [2.45, 2.75) is 38.8 Å². The van der Waals surface area contributed by atoms with Gasteiger partial charge in [0, 0.05) is 18.0 Å². The Hall–Kier alpha value is -2.29. The van der Waals surface area contributed by atoms with Gasteiger partial charge in [-0.3, -0.25) is 0 Å². The van der Waals surface area contributed by atoms with Gasteiger partial charge in [0.05, 0.1) is 6.17 Å². The van der Waals surface area contributed by atoms with E-state index >= 15 is 0 Å². The summed E-state index contributed by atoms with van der Waals surface area (Å²) in [4.78, 5) is 8.72. The largest absolute Gasteiger partial charge is 0.248 e. The van der Waals surface area contributed by atoms with Crippen molar-refractivity contribution in [1.29, 1.82) is 0 Å². The van der Waals surface area contributed by atoms with E-state index in [1.807, 2.05) is 30.6 Å². The molecule has 0 N–H and O–H groups in total. The Bertz CT molecular complexity index is 628. The summed E-state index contributed by atoms with van der Waals surface area (Å²) in [7, 11) is 0. The molecule has 2 nitrogen and oxygen atoms in total. The molecule has 0 bridgehead atoms. The number of rotatable bonds is 8. The molecule has 0 saturated heterocycles. The normalized spacial score (nSPS) is 12.4. The van der Waals surface area contributed by atoms with Gasteiger partial charge in [-0.15, -0.1) is 6.58 Å². The van der Waals surface area contributed by atoms with E-state index in [0.717, 1.165) is 30.4 Å². The van der Waals surface area contributed by atoms with Gasteiger partial charge >= 0.3 is 0 Å². The first-order valence-corrected chi connectivity index (χ1v) is 8.02. The summed E-state index contributed by atoms with van der Waals surface area (Å²) in [5, 5.41) is 0. The van der Waals surface area contributed by atoms with Crippen LogP contribution in [-0.2, 0) is 6.42 Å². The van der Waals surface area contributed by atoms with Crippen molar-refractivity contribution in [1.82, 2.24) is 9.97 Å².